The van der Waals surface area contributed by atoms with Crippen molar-refractivity contribution in [2.75, 3.05) is 11.9 Å². The second-order valence-corrected chi connectivity index (χ2v) is 7.07. The number of rotatable bonds is 6. The molecule has 5 heteroatoms. The van der Waals surface area contributed by atoms with E-state index in [0.29, 0.717) is 16.1 Å². The molecule has 1 atom stereocenters. The first-order valence-corrected chi connectivity index (χ1v) is 9.00. The first kappa shape index (κ1) is 18.7. The van der Waals surface area contributed by atoms with Gasteiger partial charge in [0.1, 0.15) is 0 Å². The number of benzene rings is 1. The molecule has 0 aliphatic carbocycles. The summed E-state index contributed by atoms with van der Waals surface area (Å²) in [5.41, 5.74) is 1.91. The second kappa shape index (κ2) is 9.00. The Labute approximate surface area is 155 Å². The number of aromatic nitrogens is 1. The van der Waals surface area contributed by atoms with Gasteiger partial charge in [0.2, 0.25) is 0 Å². The van der Waals surface area contributed by atoms with Gasteiger partial charge in [-0.2, -0.15) is 0 Å². The zero-order valence-corrected chi connectivity index (χ0v) is 15.9. The van der Waals surface area contributed by atoms with Gasteiger partial charge in [-0.3, -0.25) is 4.98 Å². The van der Waals surface area contributed by atoms with Gasteiger partial charge in [-0.1, -0.05) is 37.6 Å². The Morgan fingerprint density at radius 1 is 1.21 bits per heavy atom. The van der Waals surface area contributed by atoms with Crippen LogP contribution in [0.25, 0.3) is 0 Å². The molecule has 1 N–H and O–H groups in total. The molecule has 0 aliphatic rings. The second-order valence-electron chi connectivity index (χ2n) is 6.25. The SMILES string of the molecule is CC(C)CCN(C(=S)Nc1cccc(Cl)c1)C(C)c1ccccn1. The van der Waals surface area contributed by atoms with Gasteiger partial charge in [0.15, 0.2) is 5.11 Å². The normalized spacial score (nSPS) is 12.0. The van der Waals surface area contributed by atoms with Gasteiger partial charge >= 0.3 is 0 Å². The molecule has 1 aromatic carbocycles. The number of hydrogen-bond donors (Lipinski definition) is 1. The average molecular weight is 362 g/mol. The van der Waals surface area contributed by atoms with Crippen molar-refractivity contribution in [3.63, 3.8) is 0 Å². The van der Waals surface area contributed by atoms with Crippen LogP contribution in [0.4, 0.5) is 5.69 Å². The summed E-state index contributed by atoms with van der Waals surface area (Å²) in [7, 11) is 0. The lowest BCUT2D eigenvalue weighted by atomic mass is 10.1. The Balaban J connectivity index is 2.16. The van der Waals surface area contributed by atoms with Crippen molar-refractivity contribution < 1.29 is 0 Å². The molecule has 0 saturated carbocycles. The maximum Gasteiger partial charge on any atom is 0.173 e. The minimum atomic E-state index is 0.101. The summed E-state index contributed by atoms with van der Waals surface area (Å²) in [5.74, 6) is 0.609. The fourth-order valence-corrected chi connectivity index (χ4v) is 2.97. The van der Waals surface area contributed by atoms with Gasteiger partial charge in [-0.25, -0.2) is 0 Å². The van der Waals surface area contributed by atoms with E-state index >= 15 is 0 Å². The molecule has 2 rings (SSSR count). The van der Waals surface area contributed by atoms with E-state index in [4.69, 9.17) is 23.8 Å². The standard InChI is InChI=1S/C19H24ClN3S/c1-14(2)10-12-23(15(3)18-9-4-5-11-21-18)19(24)22-17-8-6-7-16(20)13-17/h4-9,11,13-15H,10,12H2,1-3H3,(H,22,24). The first-order chi connectivity index (χ1) is 11.5. The fourth-order valence-electron chi connectivity index (χ4n) is 2.41. The number of thiocarbonyl (C=S) groups is 1. The lowest BCUT2D eigenvalue weighted by Crippen LogP contribution is -2.38. The molecular formula is C19H24ClN3S. The number of anilines is 1. The molecule has 24 heavy (non-hydrogen) atoms. The highest BCUT2D eigenvalue weighted by molar-refractivity contribution is 7.80. The van der Waals surface area contributed by atoms with Crippen molar-refractivity contribution in [1.82, 2.24) is 9.88 Å². The van der Waals surface area contributed by atoms with Crippen LogP contribution in [0.5, 0.6) is 0 Å². The Kier molecular flexibility index (Phi) is 7.00. The van der Waals surface area contributed by atoms with Crippen molar-refractivity contribution in [2.24, 2.45) is 5.92 Å². The zero-order chi connectivity index (χ0) is 17.5. The first-order valence-electron chi connectivity index (χ1n) is 8.21. The smallest absolute Gasteiger partial charge is 0.173 e. The lowest BCUT2D eigenvalue weighted by Gasteiger charge is -2.32. The van der Waals surface area contributed by atoms with Crippen LogP contribution in [0.15, 0.2) is 48.7 Å². The summed E-state index contributed by atoms with van der Waals surface area (Å²) < 4.78 is 0. The van der Waals surface area contributed by atoms with E-state index in [1.54, 1.807) is 0 Å². The van der Waals surface area contributed by atoms with E-state index in [1.165, 1.54) is 0 Å². The Morgan fingerprint density at radius 3 is 2.62 bits per heavy atom. The maximum absolute atomic E-state index is 6.06. The molecule has 0 spiro atoms. The third kappa shape index (κ3) is 5.46. The Morgan fingerprint density at radius 2 is 2.00 bits per heavy atom. The molecule has 0 bridgehead atoms. The minimum absolute atomic E-state index is 0.101. The highest BCUT2D eigenvalue weighted by Gasteiger charge is 2.20. The highest BCUT2D eigenvalue weighted by Crippen LogP contribution is 2.22. The van der Waals surface area contributed by atoms with Crippen LogP contribution in [0.2, 0.25) is 5.02 Å². The van der Waals surface area contributed by atoms with Crippen LogP contribution in [0, 0.1) is 5.92 Å². The third-order valence-corrected chi connectivity index (χ3v) is 4.44. The monoisotopic (exact) mass is 361 g/mol. The van der Waals surface area contributed by atoms with Gasteiger partial charge in [0, 0.05) is 23.5 Å². The van der Waals surface area contributed by atoms with Crippen LogP contribution in [-0.4, -0.2) is 21.5 Å². The van der Waals surface area contributed by atoms with Crippen molar-refractivity contribution in [1.29, 1.82) is 0 Å². The summed E-state index contributed by atoms with van der Waals surface area (Å²) in [6.45, 7) is 7.45. The van der Waals surface area contributed by atoms with E-state index in [2.05, 4.69) is 36.0 Å². The van der Waals surface area contributed by atoms with Crippen LogP contribution < -0.4 is 5.32 Å². The van der Waals surface area contributed by atoms with Gasteiger partial charge in [0.25, 0.3) is 0 Å². The molecular weight excluding hydrogens is 338 g/mol. The number of hydrogen-bond acceptors (Lipinski definition) is 2. The van der Waals surface area contributed by atoms with Gasteiger partial charge < -0.3 is 10.2 Å². The molecule has 0 fully saturated rings. The molecule has 128 valence electrons. The molecule has 0 aliphatic heterocycles. The molecule has 0 saturated heterocycles. The summed E-state index contributed by atoms with van der Waals surface area (Å²) in [5, 5.41) is 4.68. The molecule has 1 unspecified atom stereocenters. The third-order valence-electron chi connectivity index (χ3n) is 3.87. The van der Waals surface area contributed by atoms with Crippen molar-refractivity contribution >= 4 is 34.6 Å². The lowest BCUT2D eigenvalue weighted by molar-refractivity contribution is 0.313. The fraction of sp³-hybridized carbons (Fsp3) is 0.368. The van der Waals surface area contributed by atoms with Gasteiger partial charge in [0.05, 0.1) is 11.7 Å². The summed E-state index contributed by atoms with van der Waals surface area (Å²) >= 11 is 11.7. The van der Waals surface area contributed by atoms with Crippen LogP contribution >= 0.6 is 23.8 Å². The van der Waals surface area contributed by atoms with Crippen LogP contribution in [0.1, 0.15) is 38.9 Å². The Hall–Kier alpha value is -1.65. The number of nitrogens with one attached hydrogen (secondary N) is 1. The van der Waals surface area contributed by atoms with Crippen molar-refractivity contribution in [3.8, 4) is 0 Å². The molecule has 2 aromatic rings. The molecule has 1 aromatic heterocycles. The quantitative estimate of drug-likeness (QED) is 0.683. The summed E-state index contributed by atoms with van der Waals surface area (Å²) in [4.78, 5) is 6.67. The van der Waals surface area contributed by atoms with Crippen molar-refractivity contribution in [2.45, 2.75) is 33.2 Å². The van der Waals surface area contributed by atoms with E-state index < -0.39 is 0 Å². The number of halogens is 1. The van der Waals surface area contributed by atoms with Crippen LogP contribution in [0.3, 0.4) is 0 Å². The number of pyridine rings is 1. The number of nitrogens with zero attached hydrogens (tertiary/aromatic N) is 2. The average Bonchev–Trinajstić information content (AvgIpc) is 2.55. The van der Waals surface area contributed by atoms with E-state index in [0.717, 1.165) is 24.3 Å². The van der Waals surface area contributed by atoms with E-state index in [1.807, 2.05) is 48.7 Å². The summed E-state index contributed by atoms with van der Waals surface area (Å²) in [6.07, 6.45) is 2.88. The molecule has 3 nitrogen and oxygen atoms in total. The molecule has 1 heterocycles. The predicted molar refractivity (Wildman–Crippen MR) is 106 cm³/mol. The van der Waals surface area contributed by atoms with Crippen LogP contribution in [-0.2, 0) is 0 Å². The Bertz CT molecular complexity index is 661. The minimum Gasteiger partial charge on any atom is -0.341 e. The largest absolute Gasteiger partial charge is 0.341 e. The van der Waals surface area contributed by atoms with Crippen molar-refractivity contribution in [3.05, 3.63) is 59.4 Å². The molecule has 0 radical (unpaired) electrons. The topological polar surface area (TPSA) is 28.2 Å². The summed E-state index contributed by atoms with van der Waals surface area (Å²) in [6, 6.07) is 13.7. The van der Waals surface area contributed by atoms with E-state index in [9.17, 15) is 0 Å². The zero-order valence-electron chi connectivity index (χ0n) is 14.4. The molecule has 0 amide bonds. The predicted octanol–water partition coefficient (Wildman–Crippen LogP) is 5.54. The maximum atomic E-state index is 6.06. The van der Waals surface area contributed by atoms with Gasteiger partial charge in [-0.05, 0) is 61.8 Å². The van der Waals surface area contributed by atoms with Gasteiger partial charge in [-0.15, -0.1) is 0 Å². The van der Waals surface area contributed by atoms with E-state index in [-0.39, 0.29) is 6.04 Å². The highest BCUT2D eigenvalue weighted by atomic mass is 35.5.